The second-order valence-corrected chi connectivity index (χ2v) is 7.10. The van der Waals surface area contributed by atoms with E-state index >= 15 is 0 Å². The van der Waals surface area contributed by atoms with Crippen molar-refractivity contribution >= 4 is 33.6 Å². The molecule has 2 rings (SSSR count). The molecule has 1 heterocycles. The van der Waals surface area contributed by atoms with Crippen molar-refractivity contribution in [3.63, 3.8) is 0 Å². The average molecular weight is 353 g/mol. The van der Waals surface area contributed by atoms with Crippen LogP contribution in [0.3, 0.4) is 0 Å². The van der Waals surface area contributed by atoms with E-state index < -0.39 is 0 Å². The van der Waals surface area contributed by atoms with Crippen LogP contribution in [0.5, 0.6) is 0 Å². The van der Waals surface area contributed by atoms with Gasteiger partial charge in [-0.25, -0.2) is 0 Å². The number of thioether (sulfide) groups is 1. The fraction of sp³-hybridized carbons (Fsp3) is 0.467. The molecule has 1 aliphatic rings. The Morgan fingerprint density at radius 3 is 2.50 bits per heavy atom. The number of halogens is 1. The maximum atomic E-state index is 12.3. The Kier molecular flexibility index (Phi) is 5.11. The molecule has 106 valence electrons. The number of hydrogen-bond donors (Lipinski definition) is 0. The summed E-state index contributed by atoms with van der Waals surface area (Å²) < 4.78 is 0.722. The SMILES string of the molecule is CSC1(C#N)CCN(C(=O)Cc2ccc(Br)cc2)CC1. The predicted molar refractivity (Wildman–Crippen MR) is 85.5 cm³/mol. The van der Waals surface area contributed by atoms with Crippen LogP contribution in [0.4, 0.5) is 0 Å². The van der Waals surface area contributed by atoms with E-state index in [1.807, 2.05) is 35.4 Å². The molecule has 1 aliphatic heterocycles. The van der Waals surface area contributed by atoms with E-state index in [0.717, 1.165) is 22.9 Å². The highest BCUT2D eigenvalue weighted by atomic mass is 79.9. The molecule has 0 bridgehead atoms. The third-order valence-electron chi connectivity index (χ3n) is 3.79. The maximum absolute atomic E-state index is 12.3. The number of hydrogen-bond acceptors (Lipinski definition) is 3. The van der Waals surface area contributed by atoms with Crippen LogP contribution in [0.2, 0.25) is 0 Å². The highest BCUT2D eigenvalue weighted by molar-refractivity contribution is 9.10. The van der Waals surface area contributed by atoms with Crippen molar-refractivity contribution in [2.75, 3.05) is 19.3 Å². The van der Waals surface area contributed by atoms with Crippen molar-refractivity contribution in [2.45, 2.75) is 24.0 Å². The first-order valence-electron chi connectivity index (χ1n) is 6.57. The summed E-state index contributed by atoms with van der Waals surface area (Å²) in [6, 6.07) is 10.2. The van der Waals surface area contributed by atoms with Crippen LogP contribution in [0.25, 0.3) is 0 Å². The molecule has 0 atom stereocenters. The molecule has 0 spiro atoms. The van der Waals surface area contributed by atoms with E-state index in [1.165, 1.54) is 0 Å². The van der Waals surface area contributed by atoms with Gasteiger partial charge in [-0.2, -0.15) is 5.26 Å². The number of amides is 1. The molecule has 0 unspecified atom stereocenters. The molecule has 0 aliphatic carbocycles. The summed E-state index contributed by atoms with van der Waals surface area (Å²) in [5, 5.41) is 9.25. The van der Waals surface area contributed by atoms with Gasteiger partial charge in [-0.15, -0.1) is 11.8 Å². The van der Waals surface area contributed by atoms with Gasteiger partial charge in [0.15, 0.2) is 0 Å². The number of carbonyl (C=O) groups is 1. The summed E-state index contributed by atoms with van der Waals surface area (Å²) >= 11 is 5.00. The summed E-state index contributed by atoms with van der Waals surface area (Å²) in [6.07, 6.45) is 3.93. The van der Waals surface area contributed by atoms with E-state index in [4.69, 9.17) is 0 Å². The summed E-state index contributed by atoms with van der Waals surface area (Å²) in [7, 11) is 0. The molecule has 5 heteroatoms. The zero-order valence-electron chi connectivity index (χ0n) is 11.4. The van der Waals surface area contributed by atoms with Crippen LogP contribution in [0, 0.1) is 11.3 Å². The quantitative estimate of drug-likeness (QED) is 0.838. The minimum atomic E-state index is -0.297. The second-order valence-electron chi connectivity index (χ2n) is 4.99. The lowest BCUT2D eigenvalue weighted by Gasteiger charge is -2.36. The van der Waals surface area contributed by atoms with Crippen LogP contribution >= 0.6 is 27.7 Å². The van der Waals surface area contributed by atoms with Gasteiger partial charge < -0.3 is 4.90 Å². The van der Waals surface area contributed by atoms with Gasteiger partial charge in [0.1, 0.15) is 4.75 Å². The number of likely N-dealkylation sites (tertiary alicyclic amines) is 1. The summed E-state index contributed by atoms with van der Waals surface area (Å²) in [5.41, 5.74) is 1.03. The average Bonchev–Trinajstić information content (AvgIpc) is 2.49. The molecular formula is C15H17BrN2OS. The van der Waals surface area contributed by atoms with Gasteiger partial charge in [-0.3, -0.25) is 4.79 Å². The lowest BCUT2D eigenvalue weighted by atomic mass is 9.97. The lowest BCUT2D eigenvalue weighted by molar-refractivity contribution is -0.131. The Bertz CT molecular complexity index is 516. The van der Waals surface area contributed by atoms with Crippen molar-refractivity contribution < 1.29 is 4.79 Å². The Morgan fingerprint density at radius 1 is 1.40 bits per heavy atom. The Balaban J connectivity index is 1.92. The van der Waals surface area contributed by atoms with Crippen LogP contribution in [-0.4, -0.2) is 34.9 Å². The molecule has 1 amide bonds. The molecule has 0 radical (unpaired) electrons. The topological polar surface area (TPSA) is 44.1 Å². The second kappa shape index (κ2) is 6.64. The zero-order chi connectivity index (χ0) is 14.6. The normalized spacial score (nSPS) is 17.6. The fourth-order valence-corrected chi connectivity index (χ4v) is 3.31. The van der Waals surface area contributed by atoms with Gasteiger partial charge in [0.05, 0.1) is 12.5 Å². The van der Waals surface area contributed by atoms with Gasteiger partial charge in [0.2, 0.25) is 5.91 Å². The van der Waals surface area contributed by atoms with E-state index in [9.17, 15) is 10.1 Å². The number of nitriles is 1. The van der Waals surface area contributed by atoms with Crippen LogP contribution in [0.1, 0.15) is 18.4 Å². The van der Waals surface area contributed by atoms with Crippen molar-refractivity contribution in [1.82, 2.24) is 4.90 Å². The smallest absolute Gasteiger partial charge is 0.226 e. The third kappa shape index (κ3) is 3.56. The van der Waals surface area contributed by atoms with Crippen molar-refractivity contribution in [3.05, 3.63) is 34.3 Å². The van der Waals surface area contributed by atoms with Gasteiger partial charge >= 0.3 is 0 Å². The molecule has 0 saturated carbocycles. The van der Waals surface area contributed by atoms with E-state index in [0.29, 0.717) is 19.5 Å². The molecule has 20 heavy (non-hydrogen) atoms. The van der Waals surface area contributed by atoms with E-state index in [1.54, 1.807) is 11.8 Å². The largest absolute Gasteiger partial charge is 0.342 e. The first kappa shape index (κ1) is 15.4. The monoisotopic (exact) mass is 352 g/mol. The standard InChI is InChI=1S/C15H17BrN2OS/c1-20-15(11-17)6-8-18(9-7-15)14(19)10-12-2-4-13(16)5-3-12/h2-5H,6-10H2,1H3. The van der Waals surface area contributed by atoms with E-state index in [-0.39, 0.29) is 10.7 Å². The number of piperidine rings is 1. The zero-order valence-corrected chi connectivity index (χ0v) is 13.8. The van der Waals surface area contributed by atoms with Gasteiger partial charge in [0, 0.05) is 17.6 Å². The molecule has 0 N–H and O–H groups in total. The highest BCUT2D eigenvalue weighted by Crippen LogP contribution is 2.33. The molecule has 1 aromatic carbocycles. The fourth-order valence-electron chi connectivity index (χ4n) is 2.37. The summed E-state index contributed by atoms with van der Waals surface area (Å²) in [5.74, 6) is 0.153. The minimum Gasteiger partial charge on any atom is -0.342 e. The van der Waals surface area contributed by atoms with Gasteiger partial charge in [-0.1, -0.05) is 28.1 Å². The van der Waals surface area contributed by atoms with Gasteiger partial charge in [-0.05, 0) is 36.8 Å². The Morgan fingerprint density at radius 2 is 2.00 bits per heavy atom. The Hall–Kier alpha value is -0.990. The molecule has 0 aromatic heterocycles. The molecule has 1 aromatic rings. The van der Waals surface area contributed by atoms with Crippen molar-refractivity contribution in [1.29, 1.82) is 5.26 Å². The molecular weight excluding hydrogens is 336 g/mol. The predicted octanol–water partition coefficient (Wildman–Crippen LogP) is 3.24. The first-order valence-corrected chi connectivity index (χ1v) is 8.59. The maximum Gasteiger partial charge on any atom is 0.226 e. The lowest BCUT2D eigenvalue weighted by Crippen LogP contribution is -2.44. The number of nitrogens with zero attached hydrogens (tertiary/aromatic N) is 2. The van der Waals surface area contributed by atoms with Crippen LogP contribution in [0.15, 0.2) is 28.7 Å². The van der Waals surface area contributed by atoms with Crippen LogP contribution in [-0.2, 0) is 11.2 Å². The highest BCUT2D eigenvalue weighted by Gasteiger charge is 2.35. The first-order chi connectivity index (χ1) is 9.58. The minimum absolute atomic E-state index is 0.153. The molecule has 1 fully saturated rings. The van der Waals surface area contributed by atoms with Gasteiger partial charge in [0.25, 0.3) is 0 Å². The summed E-state index contributed by atoms with van der Waals surface area (Å²) in [6.45, 7) is 1.37. The summed E-state index contributed by atoms with van der Waals surface area (Å²) in [4.78, 5) is 14.1. The van der Waals surface area contributed by atoms with Crippen LogP contribution < -0.4 is 0 Å². The number of benzene rings is 1. The van der Waals surface area contributed by atoms with E-state index in [2.05, 4.69) is 22.0 Å². The van der Waals surface area contributed by atoms with Crippen molar-refractivity contribution in [3.8, 4) is 6.07 Å². The molecule has 1 saturated heterocycles. The third-order valence-corrected chi connectivity index (χ3v) is 5.60. The Labute approximate surface area is 132 Å². The van der Waals surface area contributed by atoms with Crippen molar-refractivity contribution in [2.24, 2.45) is 0 Å². The number of rotatable bonds is 3. The molecule has 3 nitrogen and oxygen atoms in total. The number of carbonyl (C=O) groups excluding carboxylic acids is 1.